The summed E-state index contributed by atoms with van der Waals surface area (Å²) in [7, 11) is 0. The molecule has 0 heterocycles. The Morgan fingerprint density at radius 2 is 1.93 bits per heavy atom. The predicted molar refractivity (Wildman–Crippen MR) is 60.8 cm³/mol. The molecule has 3 heteroatoms. The highest BCUT2D eigenvalue weighted by Gasteiger charge is 2.21. The van der Waals surface area contributed by atoms with Crippen LogP contribution in [0, 0.1) is 0 Å². The highest BCUT2D eigenvalue weighted by molar-refractivity contribution is 5.45. The molecule has 0 aliphatic carbocycles. The molecule has 0 aliphatic rings. The molecule has 1 aromatic rings. The number of para-hydroxylation sites is 1. The van der Waals surface area contributed by atoms with Gasteiger partial charge in [-0.2, -0.15) is 0 Å². The van der Waals surface area contributed by atoms with Crippen LogP contribution >= 0.6 is 0 Å². The van der Waals surface area contributed by atoms with Crippen molar-refractivity contribution in [1.82, 2.24) is 0 Å². The molecule has 1 rings (SSSR count). The van der Waals surface area contributed by atoms with Gasteiger partial charge in [-0.15, -0.1) is 0 Å². The number of nitrogens with two attached hydrogens (primary N) is 1. The molecular weight excluding hydrogens is 190 g/mol. The van der Waals surface area contributed by atoms with E-state index in [1.165, 1.54) is 0 Å². The minimum absolute atomic E-state index is 0.130. The third-order valence-corrected chi connectivity index (χ3v) is 2.47. The van der Waals surface area contributed by atoms with Crippen LogP contribution in [0.5, 0.6) is 5.75 Å². The van der Waals surface area contributed by atoms with E-state index in [1.54, 1.807) is 6.07 Å². The molecule has 0 aliphatic heterocycles. The lowest BCUT2D eigenvalue weighted by Crippen LogP contribution is -2.17. The van der Waals surface area contributed by atoms with E-state index in [4.69, 9.17) is 10.8 Å². The minimum atomic E-state index is -0.521. The molecule has 1 atom stereocenters. The molecule has 0 fully saturated rings. The van der Waals surface area contributed by atoms with Crippen molar-refractivity contribution in [2.45, 2.75) is 32.2 Å². The molecule has 0 spiro atoms. The Bertz CT molecular complexity index is 342. The summed E-state index contributed by atoms with van der Waals surface area (Å²) in [6.07, 6.45) is 0. The maximum absolute atomic E-state index is 10.0. The van der Waals surface area contributed by atoms with E-state index in [-0.39, 0.29) is 17.8 Å². The average molecular weight is 209 g/mol. The van der Waals surface area contributed by atoms with Crippen LogP contribution < -0.4 is 5.73 Å². The second-order valence-electron chi connectivity index (χ2n) is 4.78. The van der Waals surface area contributed by atoms with Crippen molar-refractivity contribution in [3.63, 3.8) is 0 Å². The summed E-state index contributed by atoms with van der Waals surface area (Å²) in [4.78, 5) is 0. The highest BCUT2D eigenvalue weighted by Crippen LogP contribution is 2.34. The third-order valence-electron chi connectivity index (χ3n) is 2.47. The number of benzene rings is 1. The Labute approximate surface area is 90.5 Å². The van der Waals surface area contributed by atoms with Gasteiger partial charge in [0, 0.05) is 5.56 Å². The molecular formula is C12H19NO2. The van der Waals surface area contributed by atoms with Gasteiger partial charge in [-0.3, -0.25) is 0 Å². The first-order valence-electron chi connectivity index (χ1n) is 5.06. The fourth-order valence-corrected chi connectivity index (χ4v) is 1.56. The zero-order valence-electron chi connectivity index (χ0n) is 9.49. The van der Waals surface area contributed by atoms with Crippen LogP contribution in [0.25, 0.3) is 0 Å². The average Bonchev–Trinajstić information content (AvgIpc) is 2.15. The summed E-state index contributed by atoms with van der Waals surface area (Å²) in [6, 6.07) is 4.95. The molecule has 0 unspecified atom stereocenters. The van der Waals surface area contributed by atoms with Crippen molar-refractivity contribution in [1.29, 1.82) is 0 Å². The summed E-state index contributed by atoms with van der Waals surface area (Å²) in [5.41, 5.74) is 7.02. The van der Waals surface area contributed by atoms with Gasteiger partial charge in [0.05, 0.1) is 12.6 Å². The van der Waals surface area contributed by atoms with Crippen molar-refractivity contribution in [2.75, 3.05) is 6.61 Å². The second kappa shape index (κ2) is 4.21. The summed E-state index contributed by atoms with van der Waals surface area (Å²) in [5, 5.41) is 19.0. The number of aliphatic hydroxyl groups excluding tert-OH is 1. The minimum Gasteiger partial charge on any atom is -0.507 e. The quantitative estimate of drug-likeness (QED) is 0.694. The van der Waals surface area contributed by atoms with Crippen molar-refractivity contribution in [3.8, 4) is 5.75 Å². The number of hydrogen-bond acceptors (Lipinski definition) is 3. The van der Waals surface area contributed by atoms with E-state index in [0.717, 1.165) is 5.56 Å². The van der Waals surface area contributed by atoms with Gasteiger partial charge in [-0.05, 0) is 11.0 Å². The summed E-state index contributed by atoms with van der Waals surface area (Å²) in [6.45, 7) is 5.91. The largest absolute Gasteiger partial charge is 0.507 e. The topological polar surface area (TPSA) is 66.5 Å². The van der Waals surface area contributed by atoms with E-state index in [2.05, 4.69) is 0 Å². The van der Waals surface area contributed by atoms with E-state index >= 15 is 0 Å². The number of phenolic OH excluding ortho intramolecular Hbond substituents is 1. The number of phenols is 1. The summed E-state index contributed by atoms with van der Waals surface area (Å²) < 4.78 is 0. The second-order valence-corrected chi connectivity index (χ2v) is 4.78. The molecule has 0 saturated heterocycles. The van der Waals surface area contributed by atoms with Gasteiger partial charge < -0.3 is 15.9 Å². The zero-order chi connectivity index (χ0) is 11.6. The molecule has 0 aromatic heterocycles. The molecule has 0 radical (unpaired) electrons. The summed E-state index contributed by atoms with van der Waals surface area (Å²) in [5.74, 6) is 0.201. The lowest BCUT2D eigenvalue weighted by atomic mass is 9.84. The SMILES string of the molecule is CC(C)(C)c1cccc([C@H](N)CO)c1O. The van der Waals surface area contributed by atoms with Crippen molar-refractivity contribution >= 4 is 0 Å². The van der Waals surface area contributed by atoms with Gasteiger partial charge in [-0.1, -0.05) is 39.0 Å². The molecule has 4 N–H and O–H groups in total. The van der Waals surface area contributed by atoms with E-state index in [1.807, 2.05) is 32.9 Å². The summed E-state index contributed by atoms with van der Waals surface area (Å²) >= 11 is 0. The zero-order valence-corrected chi connectivity index (χ0v) is 9.49. The third kappa shape index (κ3) is 2.49. The van der Waals surface area contributed by atoms with Crippen LogP contribution in [0.1, 0.15) is 37.9 Å². The Hall–Kier alpha value is -1.06. The van der Waals surface area contributed by atoms with E-state index in [9.17, 15) is 5.11 Å². The molecule has 0 bridgehead atoms. The predicted octanol–water partition coefficient (Wildman–Crippen LogP) is 1.68. The fraction of sp³-hybridized carbons (Fsp3) is 0.500. The van der Waals surface area contributed by atoms with E-state index in [0.29, 0.717) is 5.56 Å². The Kier molecular flexibility index (Phi) is 3.37. The highest BCUT2D eigenvalue weighted by atomic mass is 16.3. The monoisotopic (exact) mass is 209 g/mol. The molecule has 15 heavy (non-hydrogen) atoms. The first-order valence-corrected chi connectivity index (χ1v) is 5.06. The van der Waals surface area contributed by atoms with Crippen molar-refractivity contribution < 1.29 is 10.2 Å². The van der Waals surface area contributed by atoms with E-state index < -0.39 is 6.04 Å². The molecule has 1 aromatic carbocycles. The van der Waals surface area contributed by atoms with Crippen molar-refractivity contribution in [3.05, 3.63) is 29.3 Å². The molecule has 3 nitrogen and oxygen atoms in total. The van der Waals surface area contributed by atoms with Gasteiger partial charge >= 0.3 is 0 Å². The normalized spacial score (nSPS) is 13.9. The van der Waals surface area contributed by atoms with Gasteiger partial charge in [0.1, 0.15) is 5.75 Å². The van der Waals surface area contributed by atoms with Gasteiger partial charge in [0.15, 0.2) is 0 Å². The van der Waals surface area contributed by atoms with Crippen LogP contribution in [0.2, 0.25) is 0 Å². The smallest absolute Gasteiger partial charge is 0.124 e. The Balaban J connectivity index is 3.23. The van der Waals surface area contributed by atoms with Gasteiger partial charge in [0.2, 0.25) is 0 Å². The van der Waals surface area contributed by atoms with Crippen LogP contribution in [0.4, 0.5) is 0 Å². The van der Waals surface area contributed by atoms with Crippen LogP contribution in [-0.2, 0) is 5.41 Å². The number of rotatable bonds is 2. The number of aliphatic hydroxyl groups is 1. The Morgan fingerprint density at radius 3 is 2.40 bits per heavy atom. The van der Waals surface area contributed by atoms with Gasteiger partial charge in [0.25, 0.3) is 0 Å². The van der Waals surface area contributed by atoms with Gasteiger partial charge in [-0.25, -0.2) is 0 Å². The fourth-order valence-electron chi connectivity index (χ4n) is 1.56. The molecule has 0 amide bonds. The number of aromatic hydroxyl groups is 1. The standard InChI is InChI=1S/C12H19NO2/c1-12(2,3)9-6-4-5-8(11(9)15)10(13)7-14/h4-6,10,14-15H,7,13H2,1-3H3/t10-/m1/s1. The molecule has 84 valence electrons. The van der Waals surface area contributed by atoms with Crippen LogP contribution in [0.15, 0.2) is 18.2 Å². The van der Waals surface area contributed by atoms with Crippen LogP contribution in [-0.4, -0.2) is 16.8 Å². The van der Waals surface area contributed by atoms with Crippen molar-refractivity contribution in [2.24, 2.45) is 5.73 Å². The Morgan fingerprint density at radius 1 is 1.33 bits per heavy atom. The maximum atomic E-state index is 10.0. The molecule has 0 saturated carbocycles. The first kappa shape index (κ1) is 12.0. The lowest BCUT2D eigenvalue weighted by Gasteiger charge is -2.23. The lowest BCUT2D eigenvalue weighted by molar-refractivity contribution is 0.265. The van der Waals surface area contributed by atoms with Crippen LogP contribution in [0.3, 0.4) is 0 Å². The first-order chi connectivity index (χ1) is 6.88. The number of hydrogen-bond donors (Lipinski definition) is 3. The maximum Gasteiger partial charge on any atom is 0.124 e.